The maximum absolute atomic E-state index is 12.3. The largest absolute Gasteiger partial charge is 0.336 e. The molecule has 1 amide bonds. The Bertz CT molecular complexity index is 402. The predicted octanol–water partition coefficient (Wildman–Crippen LogP) is 1.19. The van der Waals surface area contributed by atoms with Crippen molar-refractivity contribution in [2.45, 2.75) is 5.03 Å². The second kappa shape index (κ2) is 5.51. The lowest BCUT2D eigenvalue weighted by molar-refractivity contribution is 0.0660. The third-order valence-corrected chi connectivity index (χ3v) is 3.70. The molecule has 0 radical (unpaired) electrons. The molecule has 1 saturated heterocycles. The number of hydrogen-bond donors (Lipinski definition) is 0. The Hall–Kier alpha value is -1.07. The van der Waals surface area contributed by atoms with Crippen LogP contribution in [-0.4, -0.2) is 60.2 Å². The zero-order chi connectivity index (χ0) is 12.3. The van der Waals surface area contributed by atoms with Gasteiger partial charge < -0.3 is 9.80 Å². The molecular formula is C12H17N3OS. The minimum atomic E-state index is 0.107. The van der Waals surface area contributed by atoms with Crippen molar-refractivity contribution in [2.75, 3.05) is 39.5 Å². The fourth-order valence-electron chi connectivity index (χ4n) is 1.90. The van der Waals surface area contributed by atoms with Crippen LogP contribution >= 0.6 is 11.8 Å². The minimum Gasteiger partial charge on any atom is -0.336 e. The predicted molar refractivity (Wildman–Crippen MR) is 69.4 cm³/mol. The number of nitrogens with zero attached hydrogens (tertiary/aromatic N) is 3. The second-order valence-electron chi connectivity index (χ2n) is 4.16. The maximum atomic E-state index is 12.3. The number of piperazine rings is 1. The van der Waals surface area contributed by atoms with Gasteiger partial charge in [0.1, 0.15) is 5.03 Å². The zero-order valence-corrected chi connectivity index (χ0v) is 11.0. The summed E-state index contributed by atoms with van der Waals surface area (Å²) in [5, 5.41) is 0.816. The first-order chi connectivity index (χ1) is 8.22. The molecule has 1 aliphatic heterocycles. The Kier molecular flexibility index (Phi) is 4.02. The number of rotatable bonds is 2. The normalized spacial score (nSPS) is 17.2. The molecule has 0 aliphatic carbocycles. The van der Waals surface area contributed by atoms with Crippen LogP contribution < -0.4 is 0 Å². The third-order valence-electron chi connectivity index (χ3n) is 2.99. The summed E-state index contributed by atoms with van der Waals surface area (Å²) in [4.78, 5) is 20.7. The first-order valence-corrected chi connectivity index (χ1v) is 6.91. The molecule has 0 saturated carbocycles. The van der Waals surface area contributed by atoms with Gasteiger partial charge in [-0.25, -0.2) is 4.98 Å². The summed E-state index contributed by atoms with van der Waals surface area (Å²) in [5.41, 5.74) is 0.726. The molecule has 5 heteroatoms. The van der Waals surface area contributed by atoms with Gasteiger partial charge in [-0.1, -0.05) is 0 Å². The molecule has 17 heavy (non-hydrogen) atoms. The van der Waals surface area contributed by atoms with E-state index in [4.69, 9.17) is 0 Å². The average molecular weight is 251 g/mol. The van der Waals surface area contributed by atoms with Gasteiger partial charge in [-0.3, -0.25) is 4.79 Å². The standard InChI is InChI=1S/C12H17N3OS/c1-14-6-8-15(9-7-14)12(16)10-4-3-5-13-11(10)17-2/h3-5H,6-9H2,1-2H3. The van der Waals surface area contributed by atoms with E-state index >= 15 is 0 Å². The maximum Gasteiger partial charge on any atom is 0.256 e. The molecule has 0 atom stereocenters. The molecule has 0 spiro atoms. The average Bonchev–Trinajstić information content (AvgIpc) is 2.39. The summed E-state index contributed by atoms with van der Waals surface area (Å²) in [6.07, 6.45) is 3.68. The van der Waals surface area contributed by atoms with Crippen molar-refractivity contribution >= 4 is 17.7 Å². The quantitative estimate of drug-likeness (QED) is 0.740. The molecule has 0 N–H and O–H groups in total. The number of amides is 1. The van der Waals surface area contributed by atoms with E-state index in [1.54, 1.807) is 6.20 Å². The molecular weight excluding hydrogens is 234 g/mol. The van der Waals surface area contributed by atoms with Crippen LogP contribution in [0.4, 0.5) is 0 Å². The molecule has 1 fully saturated rings. The summed E-state index contributed by atoms with van der Waals surface area (Å²) in [7, 11) is 2.08. The Morgan fingerprint density at radius 1 is 1.35 bits per heavy atom. The zero-order valence-electron chi connectivity index (χ0n) is 10.2. The topological polar surface area (TPSA) is 36.4 Å². The molecule has 0 aromatic carbocycles. The van der Waals surface area contributed by atoms with Gasteiger partial charge >= 0.3 is 0 Å². The summed E-state index contributed by atoms with van der Waals surface area (Å²) in [6, 6.07) is 3.68. The molecule has 2 heterocycles. The molecule has 0 unspecified atom stereocenters. The fraction of sp³-hybridized carbons (Fsp3) is 0.500. The first-order valence-electron chi connectivity index (χ1n) is 5.69. The molecule has 1 aromatic rings. The van der Waals surface area contributed by atoms with Crippen LogP contribution in [0.5, 0.6) is 0 Å². The summed E-state index contributed by atoms with van der Waals surface area (Å²) in [6.45, 7) is 3.50. The lowest BCUT2D eigenvalue weighted by Gasteiger charge is -2.32. The molecule has 2 rings (SSSR count). The van der Waals surface area contributed by atoms with E-state index in [0.29, 0.717) is 0 Å². The first kappa shape index (κ1) is 12.4. The lowest BCUT2D eigenvalue weighted by Crippen LogP contribution is -2.47. The van der Waals surface area contributed by atoms with E-state index in [9.17, 15) is 4.79 Å². The Labute approximate surface area is 106 Å². The van der Waals surface area contributed by atoms with Crippen molar-refractivity contribution in [1.82, 2.24) is 14.8 Å². The van der Waals surface area contributed by atoms with E-state index in [0.717, 1.165) is 36.8 Å². The number of aromatic nitrogens is 1. The number of carbonyl (C=O) groups is 1. The van der Waals surface area contributed by atoms with E-state index in [-0.39, 0.29) is 5.91 Å². The summed E-state index contributed by atoms with van der Waals surface area (Å²) < 4.78 is 0. The molecule has 1 aromatic heterocycles. The molecule has 92 valence electrons. The van der Waals surface area contributed by atoms with Crippen molar-refractivity contribution in [1.29, 1.82) is 0 Å². The van der Waals surface area contributed by atoms with Crippen LogP contribution in [0.3, 0.4) is 0 Å². The Balaban J connectivity index is 2.14. The van der Waals surface area contributed by atoms with E-state index in [2.05, 4.69) is 16.9 Å². The third kappa shape index (κ3) is 2.79. The highest BCUT2D eigenvalue weighted by atomic mass is 32.2. The van der Waals surface area contributed by atoms with E-state index in [1.807, 2.05) is 23.3 Å². The van der Waals surface area contributed by atoms with Crippen LogP contribution in [0.2, 0.25) is 0 Å². The fourth-order valence-corrected chi connectivity index (χ4v) is 2.44. The van der Waals surface area contributed by atoms with Crippen molar-refractivity contribution < 1.29 is 4.79 Å². The van der Waals surface area contributed by atoms with Crippen LogP contribution in [0.1, 0.15) is 10.4 Å². The minimum absolute atomic E-state index is 0.107. The Morgan fingerprint density at radius 3 is 2.71 bits per heavy atom. The van der Waals surface area contributed by atoms with Crippen molar-refractivity contribution in [3.8, 4) is 0 Å². The van der Waals surface area contributed by atoms with Crippen molar-refractivity contribution in [2.24, 2.45) is 0 Å². The highest BCUT2D eigenvalue weighted by Gasteiger charge is 2.22. The number of thioether (sulfide) groups is 1. The van der Waals surface area contributed by atoms with Crippen LogP contribution in [0, 0.1) is 0 Å². The highest BCUT2D eigenvalue weighted by Crippen LogP contribution is 2.19. The molecule has 0 bridgehead atoms. The monoisotopic (exact) mass is 251 g/mol. The van der Waals surface area contributed by atoms with Gasteiger partial charge in [0.25, 0.3) is 5.91 Å². The van der Waals surface area contributed by atoms with Gasteiger partial charge in [-0.05, 0) is 25.4 Å². The second-order valence-corrected chi connectivity index (χ2v) is 4.95. The van der Waals surface area contributed by atoms with Gasteiger partial charge in [-0.2, -0.15) is 0 Å². The van der Waals surface area contributed by atoms with E-state index < -0.39 is 0 Å². The van der Waals surface area contributed by atoms with E-state index in [1.165, 1.54) is 11.8 Å². The summed E-state index contributed by atoms with van der Waals surface area (Å²) >= 11 is 1.52. The van der Waals surface area contributed by atoms with Crippen molar-refractivity contribution in [3.63, 3.8) is 0 Å². The Morgan fingerprint density at radius 2 is 2.06 bits per heavy atom. The van der Waals surface area contributed by atoms with Gasteiger partial charge in [0.05, 0.1) is 5.56 Å². The number of likely N-dealkylation sites (N-methyl/N-ethyl adjacent to an activating group) is 1. The summed E-state index contributed by atoms with van der Waals surface area (Å²) in [5.74, 6) is 0.107. The molecule has 4 nitrogen and oxygen atoms in total. The number of hydrogen-bond acceptors (Lipinski definition) is 4. The lowest BCUT2D eigenvalue weighted by atomic mass is 10.2. The smallest absolute Gasteiger partial charge is 0.256 e. The van der Waals surface area contributed by atoms with Gasteiger partial charge in [0.2, 0.25) is 0 Å². The van der Waals surface area contributed by atoms with Gasteiger partial charge in [0, 0.05) is 32.4 Å². The highest BCUT2D eigenvalue weighted by molar-refractivity contribution is 7.98. The van der Waals surface area contributed by atoms with Gasteiger partial charge in [0.15, 0.2) is 0 Å². The SMILES string of the molecule is CSc1ncccc1C(=O)N1CCN(C)CC1. The number of pyridine rings is 1. The van der Waals surface area contributed by atoms with Crippen LogP contribution in [-0.2, 0) is 0 Å². The van der Waals surface area contributed by atoms with Crippen LogP contribution in [0.25, 0.3) is 0 Å². The molecule has 1 aliphatic rings. The van der Waals surface area contributed by atoms with Crippen molar-refractivity contribution in [3.05, 3.63) is 23.9 Å². The number of carbonyl (C=O) groups excluding carboxylic acids is 1. The van der Waals surface area contributed by atoms with Gasteiger partial charge in [-0.15, -0.1) is 11.8 Å². The van der Waals surface area contributed by atoms with Crippen LogP contribution in [0.15, 0.2) is 23.4 Å².